The zero-order chi connectivity index (χ0) is 22.0. The predicted octanol–water partition coefficient (Wildman–Crippen LogP) is 4.62. The number of nitrogens with one attached hydrogen (secondary N) is 2. The van der Waals surface area contributed by atoms with Crippen LogP contribution in [0.2, 0.25) is 5.02 Å². The minimum absolute atomic E-state index is 0.00392. The summed E-state index contributed by atoms with van der Waals surface area (Å²) >= 11 is 6.37. The van der Waals surface area contributed by atoms with E-state index < -0.39 is 0 Å². The minimum Gasteiger partial charge on any atom is -0.353 e. The molecule has 5 nitrogen and oxygen atoms in total. The average Bonchev–Trinajstić information content (AvgIpc) is 2.68. The van der Waals surface area contributed by atoms with Crippen molar-refractivity contribution < 1.29 is 9.59 Å². The molecule has 0 spiro atoms. The molecule has 6 heteroatoms. The Hall–Kier alpha value is -2.53. The fraction of sp³-hybridized carbons (Fsp3) is 0.417. The highest BCUT2D eigenvalue weighted by Crippen LogP contribution is 2.32. The zero-order valence-corrected chi connectivity index (χ0v) is 19.0. The largest absolute Gasteiger partial charge is 0.353 e. The fourth-order valence-electron chi connectivity index (χ4n) is 4.21. The van der Waals surface area contributed by atoms with E-state index in [1.165, 1.54) is 0 Å². The quantitative estimate of drug-likeness (QED) is 0.732. The van der Waals surface area contributed by atoms with Crippen LogP contribution in [-0.4, -0.2) is 31.4 Å². The van der Waals surface area contributed by atoms with Crippen molar-refractivity contribution in [1.29, 1.82) is 0 Å². The van der Waals surface area contributed by atoms with Gasteiger partial charge in [0.05, 0.1) is 5.92 Å². The lowest BCUT2D eigenvalue weighted by molar-refractivity contribution is -0.129. The molecule has 0 saturated carbocycles. The van der Waals surface area contributed by atoms with Crippen molar-refractivity contribution in [3.63, 3.8) is 0 Å². The van der Waals surface area contributed by atoms with Crippen LogP contribution in [0.5, 0.6) is 0 Å². The second-order valence-corrected chi connectivity index (χ2v) is 8.87. The van der Waals surface area contributed by atoms with E-state index in [4.69, 9.17) is 11.6 Å². The summed E-state index contributed by atoms with van der Waals surface area (Å²) in [6.45, 7) is 8.35. The first-order valence-electron chi connectivity index (χ1n) is 10.4. The second kappa shape index (κ2) is 9.09. The molecule has 2 amide bonds. The number of benzene rings is 2. The first-order valence-corrected chi connectivity index (χ1v) is 10.7. The standard InChI is InChI=1S/C24H30ClN3O2/c1-14-7-6-8-19(9-14)28(5)22-12-18(25)11-20(17(22)4)23(29)26-13-21-15(2)10-16(3)27-24(21)30/h6-9,11-12,15-16,21H,10,13H2,1-5H3,(H,26,29)(H,27,30). The second-order valence-electron chi connectivity index (χ2n) is 8.43. The van der Waals surface area contributed by atoms with Gasteiger partial charge in [0.2, 0.25) is 5.91 Å². The van der Waals surface area contributed by atoms with Crippen LogP contribution in [0.3, 0.4) is 0 Å². The summed E-state index contributed by atoms with van der Waals surface area (Å²) < 4.78 is 0. The lowest BCUT2D eigenvalue weighted by atomic mass is 9.84. The van der Waals surface area contributed by atoms with Crippen molar-refractivity contribution in [3.05, 3.63) is 58.1 Å². The summed E-state index contributed by atoms with van der Waals surface area (Å²) in [6.07, 6.45) is 0.911. The van der Waals surface area contributed by atoms with E-state index in [1.54, 1.807) is 6.07 Å². The Kier molecular flexibility index (Phi) is 6.71. The minimum atomic E-state index is -0.223. The molecule has 3 atom stereocenters. The molecular formula is C24H30ClN3O2. The number of rotatable bonds is 5. The Bertz CT molecular complexity index is 959. The van der Waals surface area contributed by atoms with Gasteiger partial charge < -0.3 is 15.5 Å². The summed E-state index contributed by atoms with van der Waals surface area (Å²) in [5.74, 6) is -0.214. The van der Waals surface area contributed by atoms with Crippen LogP contribution in [0.1, 0.15) is 41.8 Å². The Balaban J connectivity index is 1.80. The number of halogens is 1. The zero-order valence-electron chi connectivity index (χ0n) is 18.3. The van der Waals surface area contributed by atoms with Crippen molar-refractivity contribution in [2.75, 3.05) is 18.5 Å². The van der Waals surface area contributed by atoms with Crippen LogP contribution in [0, 0.1) is 25.7 Å². The molecule has 3 rings (SSSR count). The van der Waals surface area contributed by atoms with Gasteiger partial charge in [-0.2, -0.15) is 0 Å². The van der Waals surface area contributed by atoms with Gasteiger partial charge >= 0.3 is 0 Å². The molecule has 2 aromatic rings. The third kappa shape index (κ3) is 4.78. The molecular weight excluding hydrogens is 398 g/mol. The summed E-state index contributed by atoms with van der Waals surface area (Å²) in [6, 6.07) is 11.9. The van der Waals surface area contributed by atoms with E-state index >= 15 is 0 Å². The van der Waals surface area contributed by atoms with Crippen molar-refractivity contribution in [1.82, 2.24) is 10.6 Å². The number of aryl methyl sites for hydroxylation is 1. The molecule has 30 heavy (non-hydrogen) atoms. The molecule has 160 valence electrons. The maximum atomic E-state index is 13.0. The maximum Gasteiger partial charge on any atom is 0.251 e. The highest BCUT2D eigenvalue weighted by Gasteiger charge is 2.32. The lowest BCUT2D eigenvalue weighted by Gasteiger charge is -2.32. The fourth-order valence-corrected chi connectivity index (χ4v) is 4.42. The van der Waals surface area contributed by atoms with E-state index in [0.717, 1.165) is 28.9 Å². The van der Waals surface area contributed by atoms with Gasteiger partial charge in [0.1, 0.15) is 0 Å². The first-order chi connectivity index (χ1) is 14.2. The number of nitrogens with zero attached hydrogens (tertiary/aromatic N) is 1. The summed E-state index contributed by atoms with van der Waals surface area (Å²) in [4.78, 5) is 27.3. The van der Waals surface area contributed by atoms with Gasteiger partial charge in [-0.05, 0) is 68.5 Å². The van der Waals surface area contributed by atoms with Gasteiger partial charge in [-0.15, -0.1) is 0 Å². The van der Waals surface area contributed by atoms with Crippen molar-refractivity contribution in [2.24, 2.45) is 11.8 Å². The molecule has 0 aliphatic carbocycles. The molecule has 0 aromatic heterocycles. The van der Waals surface area contributed by atoms with Gasteiger partial charge in [-0.1, -0.05) is 30.7 Å². The van der Waals surface area contributed by atoms with Gasteiger partial charge in [-0.3, -0.25) is 9.59 Å². The topological polar surface area (TPSA) is 61.4 Å². The molecule has 2 aromatic carbocycles. The third-order valence-electron chi connectivity index (χ3n) is 5.96. The molecule has 0 radical (unpaired) electrons. The van der Waals surface area contributed by atoms with Gasteiger partial charge in [0.15, 0.2) is 0 Å². The van der Waals surface area contributed by atoms with Gasteiger partial charge in [0.25, 0.3) is 5.91 Å². The molecule has 0 bridgehead atoms. The van der Waals surface area contributed by atoms with E-state index in [1.807, 2.05) is 57.0 Å². The Labute approximate surface area is 183 Å². The Morgan fingerprint density at radius 3 is 2.63 bits per heavy atom. The van der Waals surface area contributed by atoms with Crippen LogP contribution in [0.4, 0.5) is 11.4 Å². The Morgan fingerprint density at radius 2 is 1.97 bits per heavy atom. The summed E-state index contributed by atoms with van der Waals surface area (Å²) in [7, 11) is 1.96. The number of carbonyl (C=O) groups is 2. The van der Waals surface area contributed by atoms with Gasteiger partial charge in [0, 0.05) is 41.6 Å². The number of hydrogen-bond donors (Lipinski definition) is 2. The van der Waals surface area contributed by atoms with Crippen molar-refractivity contribution >= 4 is 34.8 Å². The van der Waals surface area contributed by atoms with Crippen LogP contribution in [0.15, 0.2) is 36.4 Å². The molecule has 1 fully saturated rings. The van der Waals surface area contributed by atoms with Crippen LogP contribution in [-0.2, 0) is 4.79 Å². The SMILES string of the molecule is Cc1cccc(N(C)c2cc(Cl)cc(C(=O)NCC3C(=O)NC(C)CC3C)c2C)c1. The van der Waals surface area contributed by atoms with Crippen LogP contribution < -0.4 is 15.5 Å². The molecule has 1 aliphatic heterocycles. The van der Waals surface area contributed by atoms with E-state index in [2.05, 4.69) is 23.6 Å². The highest BCUT2D eigenvalue weighted by atomic mass is 35.5. The van der Waals surface area contributed by atoms with Crippen LogP contribution in [0.25, 0.3) is 0 Å². The number of anilines is 2. The molecule has 1 aliphatic rings. The van der Waals surface area contributed by atoms with E-state index in [9.17, 15) is 9.59 Å². The summed E-state index contributed by atoms with van der Waals surface area (Å²) in [5, 5.41) is 6.42. The number of piperidine rings is 1. The van der Waals surface area contributed by atoms with Crippen molar-refractivity contribution in [3.8, 4) is 0 Å². The van der Waals surface area contributed by atoms with Crippen LogP contribution >= 0.6 is 11.6 Å². The normalized spacial score (nSPS) is 21.1. The molecule has 1 saturated heterocycles. The number of amides is 2. The molecule has 1 heterocycles. The number of carbonyl (C=O) groups excluding carboxylic acids is 2. The smallest absolute Gasteiger partial charge is 0.251 e. The summed E-state index contributed by atoms with van der Waals surface area (Å²) in [5.41, 5.74) is 4.42. The van der Waals surface area contributed by atoms with E-state index in [0.29, 0.717) is 17.1 Å². The monoisotopic (exact) mass is 427 g/mol. The first kappa shape index (κ1) is 22.2. The predicted molar refractivity (Wildman–Crippen MR) is 123 cm³/mol. The highest BCUT2D eigenvalue weighted by molar-refractivity contribution is 6.31. The molecule has 2 N–H and O–H groups in total. The maximum absolute atomic E-state index is 13.0. The molecule has 3 unspecified atom stereocenters. The van der Waals surface area contributed by atoms with Crippen molar-refractivity contribution in [2.45, 2.75) is 40.2 Å². The lowest BCUT2D eigenvalue weighted by Crippen LogP contribution is -2.50. The van der Waals surface area contributed by atoms with E-state index in [-0.39, 0.29) is 29.7 Å². The Morgan fingerprint density at radius 1 is 1.23 bits per heavy atom. The van der Waals surface area contributed by atoms with Gasteiger partial charge in [-0.25, -0.2) is 0 Å². The number of hydrogen-bond acceptors (Lipinski definition) is 3. The average molecular weight is 428 g/mol. The third-order valence-corrected chi connectivity index (χ3v) is 6.18.